The molecule has 2 heteroatoms. The molecule has 58 valence electrons. The molecular weight excluding hydrogens is 124 g/mol. The van der Waals surface area contributed by atoms with Gasteiger partial charge in [-0.3, -0.25) is 0 Å². The molecule has 0 aliphatic carbocycles. The highest BCUT2D eigenvalue weighted by Crippen LogP contribution is 1.87. The van der Waals surface area contributed by atoms with E-state index in [1.54, 1.807) is 0 Å². The second-order valence-corrected chi connectivity index (χ2v) is 2.46. The van der Waals surface area contributed by atoms with Crippen LogP contribution in [0, 0.1) is 11.8 Å². The summed E-state index contributed by atoms with van der Waals surface area (Å²) < 4.78 is 0. The van der Waals surface area contributed by atoms with E-state index in [-0.39, 0.29) is 0 Å². The first kappa shape index (κ1) is 9.48. The molecule has 2 nitrogen and oxygen atoms in total. The van der Waals surface area contributed by atoms with E-state index in [0.717, 1.165) is 19.4 Å². The molecule has 0 aromatic heterocycles. The summed E-state index contributed by atoms with van der Waals surface area (Å²) in [5, 5.41) is 0. The van der Waals surface area contributed by atoms with Crippen molar-refractivity contribution >= 4 is 0 Å². The van der Waals surface area contributed by atoms with Crippen molar-refractivity contribution in [2.45, 2.75) is 12.8 Å². The molecule has 0 bridgehead atoms. The van der Waals surface area contributed by atoms with Crippen molar-refractivity contribution in [2.75, 3.05) is 27.2 Å². The van der Waals surface area contributed by atoms with E-state index in [4.69, 9.17) is 5.73 Å². The predicted octanol–water partition coefficient (Wildman–Crippen LogP) is 0.290. The number of unbranched alkanes of at least 4 members (excludes halogenated alkanes) is 1. The molecule has 0 aromatic carbocycles. The molecule has 0 atom stereocenters. The minimum absolute atomic E-state index is 0.488. The van der Waals surface area contributed by atoms with Crippen LogP contribution in [-0.4, -0.2) is 32.1 Å². The molecule has 10 heavy (non-hydrogen) atoms. The summed E-state index contributed by atoms with van der Waals surface area (Å²) in [7, 11) is 4.13. The Labute approximate surface area is 63.4 Å². The van der Waals surface area contributed by atoms with E-state index in [1.807, 2.05) is 0 Å². The quantitative estimate of drug-likeness (QED) is 0.451. The molecule has 0 radical (unpaired) electrons. The van der Waals surface area contributed by atoms with Crippen LogP contribution in [0.25, 0.3) is 0 Å². The minimum atomic E-state index is 0.488. The van der Waals surface area contributed by atoms with Crippen LogP contribution in [0.4, 0.5) is 0 Å². The Morgan fingerprint density at radius 1 is 1.30 bits per heavy atom. The smallest absolute Gasteiger partial charge is 0.0551 e. The van der Waals surface area contributed by atoms with E-state index in [1.165, 1.54) is 0 Å². The SMILES string of the molecule is CN(C)CCCC#CCN. The van der Waals surface area contributed by atoms with Crippen LogP contribution < -0.4 is 5.73 Å². The van der Waals surface area contributed by atoms with E-state index < -0.39 is 0 Å². The van der Waals surface area contributed by atoms with Gasteiger partial charge >= 0.3 is 0 Å². The number of nitrogens with zero attached hydrogens (tertiary/aromatic N) is 1. The lowest BCUT2D eigenvalue weighted by Crippen LogP contribution is -2.12. The molecule has 2 N–H and O–H groups in total. The van der Waals surface area contributed by atoms with E-state index in [0.29, 0.717) is 6.54 Å². The van der Waals surface area contributed by atoms with Crippen LogP contribution in [0.15, 0.2) is 0 Å². The van der Waals surface area contributed by atoms with Gasteiger partial charge in [0.1, 0.15) is 0 Å². The zero-order valence-corrected chi connectivity index (χ0v) is 6.85. The molecule has 0 saturated heterocycles. The molecule has 0 unspecified atom stereocenters. The van der Waals surface area contributed by atoms with Gasteiger partial charge in [0.2, 0.25) is 0 Å². The van der Waals surface area contributed by atoms with Crippen LogP contribution in [0.1, 0.15) is 12.8 Å². The molecule has 0 rings (SSSR count). The van der Waals surface area contributed by atoms with E-state index >= 15 is 0 Å². The van der Waals surface area contributed by atoms with Crippen LogP contribution in [0.5, 0.6) is 0 Å². The first-order valence-electron chi connectivity index (χ1n) is 3.58. The van der Waals surface area contributed by atoms with Crippen LogP contribution >= 0.6 is 0 Å². The van der Waals surface area contributed by atoms with Crippen LogP contribution in [-0.2, 0) is 0 Å². The van der Waals surface area contributed by atoms with Gasteiger partial charge in [0.25, 0.3) is 0 Å². The third kappa shape index (κ3) is 7.48. The lowest BCUT2D eigenvalue weighted by Gasteiger charge is -2.05. The van der Waals surface area contributed by atoms with Crippen LogP contribution in [0.2, 0.25) is 0 Å². The average Bonchev–Trinajstić information content (AvgIpc) is 1.87. The summed E-state index contributed by atoms with van der Waals surface area (Å²) in [5.74, 6) is 5.82. The predicted molar refractivity (Wildman–Crippen MR) is 44.6 cm³/mol. The zero-order valence-electron chi connectivity index (χ0n) is 6.85. The molecule has 0 aliphatic rings. The summed E-state index contributed by atoms with van der Waals surface area (Å²) in [6.45, 7) is 1.60. The Kier molecular flexibility index (Phi) is 6.25. The van der Waals surface area contributed by atoms with Gasteiger partial charge in [-0.15, -0.1) is 5.92 Å². The number of nitrogens with two attached hydrogens (primary N) is 1. The minimum Gasteiger partial charge on any atom is -0.320 e. The monoisotopic (exact) mass is 140 g/mol. The lowest BCUT2D eigenvalue weighted by molar-refractivity contribution is 0.403. The van der Waals surface area contributed by atoms with Crippen molar-refractivity contribution in [3.63, 3.8) is 0 Å². The Morgan fingerprint density at radius 3 is 2.50 bits per heavy atom. The van der Waals surface area contributed by atoms with Gasteiger partial charge in [-0.25, -0.2) is 0 Å². The standard InChI is InChI=1S/C8H16N2/c1-10(2)8-6-4-3-5-7-9/h4,6-9H2,1-2H3. The van der Waals surface area contributed by atoms with Crippen molar-refractivity contribution in [1.29, 1.82) is 0 Å². The Bertz CT molecular complexity index is 119. The average molecular weight is 140 g/mol. The highest BCUT2D eigenvalue weighted by atomic mass is 15.0. The highest BCUT2D eigenvalue weighted by Gasteiger charge is 1.85. The van der Waals surface area contributed by atoms with Crippen LogP contribution in [0.3, 0.4) is 0 Å². The van der Waals surface area contributed by atoms with Gasteiger partial charge in [0, 0.05) is 6.42 Å². The van der Waals surface area contributed by atoms with Crippen molar-refractivity contribution in [3.05, 3.63) is 0 Å². The molecule has 0 aromatic rings. The van der Waals surface area contributed by atoms with Gasteiger partial charge in [-0.1, -0.05) is 5.92 Å². The van der Waals surface area contributed by atoms with E-state index in [2.05, 4.69) is 30.8 Å². The number of rotatable bonds is 3. The van der Waals surface area contributed by atoms with Crippen molar-refractivity contribution in [2.24, 2.45) is 5.73 Å². The molecule has 0 amide bonds. The summed E-state index contributed by atoms with van der Waals surface area (Å²) in [4.78, 5) is 2.16. The normalized spacial score (nSPS) is 9.20. The molecule has 0 aliphatic heterocycles. The Balaban J connectivity index is 3.05. The molecule has 0 fully saturated rings. The molecule has 0 saturated carbocycles. The first-order valence-corrected chi connectivity index (χ1v) is 3.58. The zero-order chi connectivity index (χ0) is 7.82. The second kappa shape index (κ2) is 6.60. The topological polar surface area (TPSA) is 29.3 Å². The maximum absolute atomic E-state index is 5.19. The number of hydrogen-bond donors (Lipinski definition) is 1. The summed E-state index contributed by atoms with van der Waals surface area (Å²) in [6, 6.07) is 0. The Hall–Kier alpha value is -0.520. The molecular formula is C8H16N2. The third-order valence-electron chi connectivity index (χ3n) is 1.13. The van der Waals surface area contributed by atoms with E-state index in [9.17, 15) is 0 Å². The highest BCUT2D eigenvalue weighted by molar-refractivity contribution is 4.99. The third-order valence-corrected chi connectivity index (χ3v) is 1.13. The second-order valence-electron chi connectivity index (χ2n) is 2.46. The fourth-order valence-corrected chi connectivity index (χ4v) is 0.644. The van der Waals surface area contributed by atoms with Crippen molar-refractivity contribution < 1.29 is 0 Å². The van der Waals surface area contributed by atoms with Crippen molar-refractivity contribution in [3.8, 4) is 11.8 Å². The molecule has 0 heterocycles. The van der Waals surface area contributed by atoms with Gasteiger partial charge in [-0.2, -0.15) is 0 Å². The van der Waals surface area contributed by atoms with Crippen molar-refractivity contribution in [1.82, 2.24) is 4.90 Å². The molecule has 0 spiro atoms. The fourth-order valence-electron chi connectivity index (χ4n) is 0.644. The van der Waals surface area contributed by atoms with Gasteiger partial charge in [0.05, 0.1) is 6.54 Å². The largest absolute Gasteiger partial charge is 0.320 e. The summed E-state index contributed by atoms with van der Waals surface area (Å²) >= 11 is 0. The first-order chi connectivity index (χ1) is 4.77. The Morgan fingerprint density at radius 2 is 2.00 bits per heavy atom. The summed E-state index contributed by atoms with van der Waals surface area (Å²) in [6.07, 6.45) is 2.11. The number of hydrogen-bond acceptors (Lipinski definition) is 2. The summed E-state index contributed by atoms with van der Waals surface area (Å²) in [5.41, 5.74) is 5.19. The maximum atomic E-state index is 5.19. The van der Waals surface area contributed by atoms with Gasteiger partial charge in [0.15, 0.2) is 0 Å². The maximum Gasteiger partial charge on any atom is 0.0551 e. The lowest BCUT2D eigenvalue weighted by atomic mass is 10.3. The van der Waals surface area contributed by atoms with Gasteiger partial charge in [-0.05, 0) is 27.1 Å². The van der Waals surface area contributed by atoms with Gasteiger partial charge < -0.3 is 10.6 Å². The fraction of sp³-hybridized carbons (Fsp3) is 0.750.